The quantitative estimate of drug-likeness (QED) is 0.271. The zero-order valence-electron chi connectivity index (χ0n) is 20.5. The van der Waals surface area contributed by atoms with Gasteiger partial charge in [0.25, 0.3) is 0 Å². The largest absolute Gasteiger partial charge is 0.573 e. The minimum absolute atomic E-state index is 0.00632. The van der Waals surface area contributed by atoms with Gasteiger partial charge in [0, 0.05) is 30.4 Å². The minimum Gasteiger partial charge on any atom is -0.489 e. The second-order valence-electron chi connectivity index (χ2n) is 8.98. The number of anilines is 1. The number of hydrogen-bond donors (Lipinski definition) is 1. The molecule has 0 aliphatic heterocycles. The fraction of sp³-hybridized carbons (Fsp3) is 0.333. The van der Waals surface area contributed by atoms with Crippen LogP contribution in [0.3, 0.4) is 0 Å². The first-order valence-corrected chi connectivity index (χ1v) is 11.6. The van der Waals surface area contributed by atoms with Crippen LogP contribution < -0.4 is 14.4 Å². The zero-order chi connectivity index (χ0) is 28.1. The van der Waals surface area contributed by atoms with Crippen molar-refractivity contribution < 1.29 is 45.3 Å². The van der Waals surface area contributed by atoms with Crippen molar-refractivity contribution in [3.05, 3.63) is 89.2 Å². The minimum atomic E-state index is -4.84. The van der Waals surface area contributed by atoms with Crippen LogP contribution in [0, 0.1) is 11.7 Å². The lowest BCUT2D eigenvalue weighted by molar-refractivity contribution is -0.274. The van der Waals surface area contributed by atoms with Gasteiger partial charge in [-0.3, -0.25) is 0 Å². The van der Waals surface area contributed by atoms with Gasteiger partial charge in [0.2, 0.25) is 0 Å². The van der Waals surface area contributed by atoms with Crippen LogP contribution in [-0.2, 0) is 19.3 Å². The summed E-state index contributed by atoms with van der Waals surface area (Å²) in [5, 5.41) is 10.5. The van der Waals surface area contributed by atoms with Gasteiger partial charge in [0.15, 0.2) is 0 Å². The number of aliphatic hydroxyl groups excluding tert-OH is 1. The number of nitrogens with zero attached hydrogens (tertiary/aromatic N) is 1. The summed E-state index contributed by atoms with van der Waals surface area (Å²) in [5.74, 6) is -1.10. The zero-order valence-corrected chi connectivity index (χ0v) is 20.5. The SMILES string of the molecule is CC(C)C(O)CN(Cc1cc(C(F)(F)F)ccc1F)c1cccc(OCc2cccc(OC(F)(F)F)c2)c1. The van der Waals surface area contributed by atoms with E-state index in [2.05, 4.69) is 4.74 Å². The standard InChI is InChI=1S/C27H26F7NO3/c1-17(2)25(36)15-35(14-19-12-20(26(29,30)31)9-10-24(19)28)21-6-4-7-22(13-21)37-16-18-5-3-8-23(11-18)38-27(32,33)34/h3-13,17,25,36H,14-16H2,1-2H3. The molecule has 4 nitrogen and oxygen atoms in total. The highest BCUT2D eigenvalue weighted by molar-refractivity contribution is 5.51. The predicted octanol–water partition coefficient (Wildman–Crippen LogP) is 7.35. The molecule has 0 aliphatic carbocycles. The first-order valence-electron chi connectivity index (χ1n) is 11.6. The van der Waals surface area contributed by atoms with Crippen molar-refractivity contribution in [2.75, 3.05) is 11.4 Å². The van der Waals surface area contributed by atoms with E-state index in [0.29, 0.717) is 23.1 Å². The smallest absolute Gasteiger partial charge is 0.489 e. The maximum Gasteiger partial charge on any atom is 0.573 e. The molecule has 0 aliphatic rings. The van der Waals surface area contributed by atoms with Crippen LogP contribution >= 0.6 is 0 Å². The van der Waals surface area contributed by atoms with Crippen LogP contribution in [0.4, 0.5) is 36.4 Å². The van der Waals surface area contributed by atoms with Crippen molar-refractivity contribution in [2.45, 2.75) is 45.6 Å². The molecule has 0 fully saturated rings. The Balaban J connectivity index is 1.83. The lowest BCUT2D eigenvalue weighted by atomic mass is 10.0. The first kappa shape index (κ1) is 29.1. The number of rotatable bonds is 10. The highest BCUT2D eigenvalue weighted by atomic mass is 19.4. The van der Waals surface area contributed by atoms with Crippen LogP contribution in [-0.4, -0.2) is 24.1 Å². The van der Waals surface area contributed by atoms with Crippen molar-refractivity contribution in [2.24, 2.45) is 5.92 Å². The number of aliphatic hydroxyl groups is 1. The molecule has 1 unspecified atom stereocenters. The van der Waals surface area contributed by atoms with Gasteiger partial charge in [-0.25, -0.2) is 4.39 Å². The van der Waals surface area contributed by atoms with Crippen molar-refractivity contribution in [3.63, 3.8) is 0 Å². The Labute approximate surface area is 215 Å². The van der Waals surface area contributed by atoms with Gasteiger partial charge >= 0.3 is 12.5 Å². The van der Waals surface area contributed by atoms with Crippen LogP contribution in [0.15, 0.2) is 66.7 Å². The third-order valence-corrected chi connectivity index (χ3v) is 5.63. The molecule has 3 aromatic rings. The van der Waals surface area contributed by atoms with E-state index in [-0.39, 0.29) is 31.2 Å². The van der Waals surface area contributed by atoms with Gasteiger partial charge < -0.3 is 19.5 Å². The maximum atomic E-state index is 14.5. The van der Waals surface area contributed by atoms with E-state index in [1.165, 1.54) is 17.0 Å². The van der Waals surface area contributed by atoms with Crippen molar-refractivity contribution >= 4 is 5.69 Å². The van der Waals surface area contributed by atoms with Crippen molar-refractivity contribution in [3.8, 4) is 11.5 Å². The van der Waals surface area contributed by atoms with E-state index in [1.54, 1.807) is 44.2 Å². The molecule has 0 saturated heterocycles. The normalized spacial score (nSPS) is 12.9. The molecule has 206 valence electrons. The topological polar surface area (TPSA) is 41.9 Å². The molecule has 0 spiro atoms. The lowest BCUT2D eigenvalue weighted by Crippen LogP contribution is -2.35. The lowest BCUT2D eigenvalue weighted by Gasteiger charge is -2.29. The Morgan fingerprint density at radius 3 is 2.21 bits per heavy atom. The average molecular weight is 545 g/mol. The fourth-order valence-electron chi connectivity index (χ4n) is 3.54. The maximum absolute atomic E-state index is 14.5. The second-order valence-corrected chi connectivity index (χ2v) is 8.98. The predicted molar refractivity (Wildman–Crippen MR) is 127 cm³/mol. The molecular weight excluding hydrogens is 519 g/mol. The number of ether oxygens (including phenoxy) is 2. The van der Waals surface area contributed by atoms with E-state index in [9.17, 15) is 35.8 Å². The molecule has 1 N–H and O–H groups in total. The Morgan fingerprint density at radius 1 is 0.868 bits per heavy atom. The van der Waals surface area contributed by atoms with Crippen molar-refractivity contribution in [1.29, 1.82) is 0 Å². The molecule has 3 rings (SSSR count). The molecule has 0 amide bonds. The summed E-state index contributed by atoms with van der Waals surface area (Å²) in [5.41, 5.74) is -0.362. The monoisotopic (exact) mass is 545 g/mol. The summed E-state index contributed by atoms with van der Waals surface area (Å²) in [6.45, 7) is 3.16. The first-order chi connectivity index (χ1) is 17.7. The number of halogens is 7. The van der Waals surface area contributed by atoms with Gasteiger partial charge in [0.05, 0.1) is 11.7 Å². The third-order valence-electron chi connectivity index (χ3n) is 5.63. The number of benzene rings is 3. The molecule has 3 aromatic carbocycles. The number of hydrogen-bond acceptors (Lipinski definition) is 4. The molecule has 38 heavy (non-hydrogen) atoms. The summed E-state index contributed by atoms with van der Waals surface area (Å²) in [4.78, 5) is 1.54. The van der Waals surface area contributed by atoms with Gasteiger partial charge in [-0.2, -0.15) is 13.2 Å². The molecule has 0 aromatic heterocycles. The van der Waals surface area contributed by atoms with Crippen molar-refractivity contribution in [1.82, 2.24) is 0 Å². The Bertz CT molecular complexity index is 1210. The van der Waals surface area contributed by atoms with E-state index < -0.39 is 35.8 Å². The van der Waals surface area contributed by atoms with Gasteiger partial charge in [0.1, 0.15) is 23.9 Å². The van der Waals surface area contributed by atoms with Gasteiger partial charge in [-0.1, -0.05) is 32.0 Å². The van der Waals surface area contributed by atoms with Gasteiger partial charge in [-0.05, 0) is 53.9 Å². The van der Waals surface area contributed by atoms with Crippen LogP contribution in [0.25, 0.3) is 0 Å². The molecule has 0 radical (unpaired) electrons. The van der Waals surface area contributed by atoms with E-state index in [1.807, 2.05) is 0 Å². The second kappa shape index (κ2) is 11.9. The summed E-state index contributed by atoms with van der Waals surface area (Å²) in [6, 6.07) is 13.8. The molecule has 0 bridgehead atoms. The molecule has 1 atom stereocenters. The fourth-order valence-corrected chi connectivity index (χ4v) is 3.54. The Hall–Kier alpha value is -3.47. The average Bonchev–Trinajstić information content (AvgIpc) is 2.82. The highest BCUT2D eigenvalue weighted by Crippen LogP contribution is 2.32. The summed E-state index contributed by atoms with van der Waals surface area (Å²) >= 11 is 0. The molecule has 0 saturated carbocycles. The summed E-state index contributed by atoms with van der Waals surface area (Å²) in [6.07, 6.45) is -10.4. The van der Waals surface area contributed by atoms with E-state index in [0.717, 1.165) is 18.2 Å². The summed E-state index contributed by atoms with van der Waals surface area (Å²) < 4.78 is 101. The number of alkyl halides is 6. The molecular formula is C27H26F7NO3. The van der Waals surface area contributed by atoms with Gasteiger partial charge in [-0.15, -0.1) is 13.2 Å². The van der Waals surface area contributed by atoms with Crippen LogP contribution in [0.5, 0.6) is 11.5 Å². The molecule has 0 heterocycles. The van der Waals surface area contributed by atoms with Crippen LogP contribution in [0.2, 0.25) is 0 Å². The van der Waals surface area contributed by atoms with E-state index in [4.69, 9.17) is 4.74 Å². The van der Waals surface area contributed by atoms with Crippen LogP contribution in [0.1, 0.15) is 30.5 Å². The Morgan fingerprint density at radius 2 is 1.55 bits per heavy atom. The molecule has 11 heteroatoms. The third kappa shape index (κ3) is 8.54. The van der Waals surface area contributed by atoms with E-state index >= 15 is 0 Å². The highest BCUT2D eigenvalue weighted by Gasteiger charge is 2.32. The Kier molecular flexibility index (Phi) is 9.14. The summed E-state index contributed by atoms with van der Waals surface area (Å²) in [7, 11) is 0.